The zero-order chi connectivity index (χ0) is 13.7. The third-order valence-electron chi connectivity index (χ3n) is 2.26. The first kappa shape index (κ1) is 14.7. The van der Waals surface area contributed by atoms with Crippen molar-refractivity contribution in [2.45, 2.75) is 5.75 Å². The van der Waals surface area contributed by atoms with E-state index in [0.29, 0.717) is 21.5 Å². The number of halogens is 2. The predicted octanol–water partition coefficient (Wildman–Crippen LogP) is 4.93. The SMILES string of the molecule is O=C(CSCc1cccs1)Nc1ccc(Cl)c(Cl)c1. The van der Waals surface area contributed by atoms with E-state index in [1.54, 1.807) is 41.3 Å². The first-order chi connectivity index (χ1) is 9.15. The number of nitrogens with one attached hydrogen (secondary N) is 1. The maximum absolute atomic E-state index is 11.7. The summed E-state index contributed by atoms with van der Waals surface area (Å²) >= 11 is 15.0. The maximum Gasteiger partial charge on any atom is 0.234 e. The van der Waals surface area contributed by atoms with Gasteiger partial charge in [-0.3, -0.25) is 4.79 Å². The lowest BCUT2D eigenvalue weighted by Gasteiger charge is -2.06. The Labute approximate surface area is 130 Å². The van der Waals surface area contributed by atoms with E-state index in [9.17, 15) is 4.79 Å². The number of anilines is 1. The molecule has 0 atom stereocenters. The van der Waals surface area contributed by atoms with Crippen LogP contribution in [0.5, 0.6) is 0 Å². The molecule has 100 valence electrons. The lowest BCUT2D eigenvalue weighted by Crippen LogP contribution is -2.14. The number of benzene rings is 1. The Kier molecular flexibility index (Phi) is 5.58. The standard InChI is InChI=1S/C13H11Cl2NOS2/c14-11-4-3-9(6-12(11)15)16-13(17)8-18-7-10-2-1-5-19-10/h1-6H,7-8H2,(H,16,17). The van der Waals surface area contributed by atoms with Gasteiger partial charge in [0.15, 0.2) is 0 Å². The highest BCUT2D eigenvalue weighted by atomic mass is 35.5. The molecule has 19 heavy (non-hydrogen) atoms. The highest BCUT2D eigenvalue weighted by Gasteiger charge is 2.05. The fourth-order valence-electron chi connectivity index (χ4n) is 1.41. The Bertz CT molecular complexity index is 558. The number of thiophene rings is 1. The van der Waals surface area contributed by atoms with Crippen LogP contribution in [-0.4, -0.2) is 11.7 Å². The van der Waals surface area contributed by atoms with Crippen molar-refractivity contribution < 1.29 is 4.79 Å². The number of rotatable bonds is 5. The number of thioether (sulfide) groups is 1. The number of hydrogen-bond donors (Lipinski definition) is 1. The molecule has 2 nitrogen and oxygen atoms in total. The molecule has 2 rings (SSSR count). The number of amides is 1. The summed E-state index contributed by atoms with van der Waals surface area (Å²) in [4.78, 5) is 13.0. The molecule has 1 amide bonds. The number of hydrogen-bond acceptors (Lipinski definition) is 3. The maximum atomic E-state index is 11.7. The molecule has 0 fully saturated rings. The molecular weight excluding hydrogens is 321 g/mol. The van der Waals surface area contributed by atoms with Crippen molar-refractivity contribution in [2.75, 3.05) is 11.1 Å². The minimum Gasteiger partial charge on any atom is -0.325 e. The molecule has 6 heteroatoms. The minimum absolute atomic E-state index is 0.0417. The Hall–Kier alpha value is -0.680. The van der Waals surface area contributed by atoms with Crippen LogP contribution in [0.1, 0.15) is 4.88 Å². The second-order valence-electron chi connectivity index (χ2n) is 3.75. The van der Waals surface area contributed by atoms with Crippen molar-refractivity contribution in [1.29, 1.82) is 0 Å². The molecule has 0 radical (unpaired) electrons. The van der Waals surface area contributed by atoms with Crippen LogP contribution in [0.25, 0.3) is 0 Å². The second-order valence-corrected chi connectivity index (χ2v) is 6.58. The molecule has 1 N–H and O–H groups in total. The molecule has 0 saturated carbocycles. The van der Waals surface area contributed by atoms with Gasteiger partial charge in [0, 0.05) is 16.3 Å². The largest absolute Gasteiger partial charge is 0.325 e. The molecule has 0 aliphatic rings. The van der Waals surface area contributed by atoms with E-state index >= 15 is 0 Å². The predicted molar refractivity (Wildman–Crippen MR) is 85.6 cm³/mol. The summed E-state index contributed by atoms with van der Waals surface area (Å²) in [5.74, 6) is 1.23. The zero-order valence-electron chi connectivity index (χ0n) is 9.86. The quantitative estimate of drug-likeness (QED) is 0.841. The van der Waals surface area contributed by atoms with Crippen LogP contribution < -0.4 is 5.32 Å². The third-order valence-corrected chi connectivity index (χ3v) is 5.04. The van der Waals surface area contributed by atoms with Crippen LogP contribution >= 0.6 is 46.3 Å². The monoisotopic (exact) mass is 331 g/mol. The van der Waals surface area contributed by atoms with Gasteiger partial charge in [0.05, 0.1) is 15.8 Å². The number of carbonyl (C=O) groups is 1. The molecular formula is C13H11Cl2NOS2. The van der Waals surface area contributed by atoms with Gasteiger partial charge in [0.2, 0.25) is 5.91 Å². The van der Waals surface area contributed by atoms with Crippen LogP contribution in [0, 0.1) is 0 Å². The zero-order valence-corrected chi connectivity index (χ0v) is 13.0. The Morgan fingerprint density at radius 3 is 2.79 bits per heavy atom. The summed E-state index contributed by atoms with van der Waals surface area (Å²) in [6.07, 6.45) is 0. The smallest absolute Gasteiger partial charge is 0.234 e. The van der Waals surface area contributed by atoms with Gasteiger partial charge in [-0.2, -0.15) is 0 Å². The highest BCUT2D eigenvalue weighted by molar-refractivity contribution is 7.99. The van der Waals surface area contributed by atoms with Gasteiger partial charge in [-0.1, -0.05) is 29.3 Å². The van der Waals surface area contributed by atoms with Crippen molar-refractivity contribution in [3.05, 3.63) is 50.6 Å². The van der Waals surface area contributed by atoms with Gasteiger partial charge in [0.25, 0.3) is 0 Å². The molecule has 1 aromatic heterocycles. The molecule has 0 spiro atoms. The Balaban J connectivity index is 1.79. The summed E-state index contributed by atoms with van der Waals surface area (Å²) in [5, 5.41) is 5.74. The topological polar surface area (TPSA) is 29.1 Å². The van der Waals surface area contributed by atoms with Gasteiger partial charge in [-0.25, -0.2) is 0 Å². The lowest BCUT2D eigenvalue weighted by atomic mass is 10.3. The van der Waals surface area contributed by atoms with E-state index < -0.39 is 0 Å². The molecule has 0 bridgehead atoms. The van der Waals surface area contributed by atoms with Crippen LogP contribution in [0.3, 0.4) is 0 Å². The van der Waals surface area contributed by atoms with Crippen molar-refractivity contribution in [1.82, 2.24) is 0 Å². The molecule has 1 aromatic carbocycles. The van der Waals surface area contributed by atoms with Gasteiger partial charge in [-0.05, 0) is 29.6 Å². The normalized spacial score (nSPS) is 10.4. The van der Waals surface area contributed by atoms with Gasteiger partial charge in [-0.15, -0.1) is 23.1 Å². The van der Waals surface area contributed by atoms with Gasteiger partial charge in [0.1, 0.15) is 0 Å². The van der Waals surface area contributed by atoms with E-state index in [1.165, 1.54) is 4.88 Å². The van der Waals surface area contributed by atoms with Crippen molar-refractivity contribution in [2.24, 2.45) is 0 Å². The van der Waals surface area contributed by atoms with Gasteiger partial charge < -0.3 is 5.32 Å². The summed E-state index contributed by atoms with van der Waals surface area (Å²) in [7, 11) is 0. The average Bonchev–Trinajstić information content (AvgIpc) is 2.87. The summed E-state index contributed by atoms with van der Waals surface area (Å²) in [6, 6.07) is 9.12. The molecule has 0 unspecified atom stereocenters. The van der Waals surface area contributed by atoms with E-state index in [0.717, 1.165) is 5.75 Å². The van der Waals surface area contributed by atoms with Crippen LogP contribution in [0.4, 0.5) is 5.69 Å². The molecule has 0 aliphatic heterocycles. The fourth-order valence-corrected chi connectivity index (χ4v) is 3.38. The van der Waals surface area contributed by atoms with E-state index in [-0.39, 0.29) is 5.91 Å². The van der Waals surface area contributed by atoms with E-state index in [1.807, 2.05) is 11.4 Å². The van der Waals surface area contributed by atoms with Crippen molar-refractivity contribution in [3.63, 3.8) is 0 Å². The minimum atomic E-state index is -0.0417. The molecule has 0 aliphatic carbocycles. The number of carbonyl (C=O) groups excluding carboxylic acids is 1. The highest BCUT2D eigenvalue weighted by Crippen LogP contribution is 2.25. The summed E-state index contributed by atoms with van der Waals surface area (Å²) < 4.78 is 0. The molecule has 1 heterocycles. The lowest BCUT2D eigenvalue weighted by molar-refractivity contribution is -0.113. The first-order valence-corrected chi connectivity index (χ1v) is 8.29. The summed E-state index contributed by atoms with van der Waals surface area (Å²) in [6.45, 7) is 0. The molecule has 0 saturated heterocycles. The van der Waals surface area contributed by atoms with Crippen LogP contribution in [0.2, 0.25) is 10.0 Å². The van der Waals surface area contributed by atoms with Gasteiger partial charge >= 0.3 is 0 Å². The van der Waals surface area contributed by atoms with Crippen LogP contribution in [0.15, 0.2) is 35.7 Å². The summed E-state index contributed by atoms with van der Waals surface area (Å²) in [5.41, 5.74) is 0.663. The Morgan fingerprint density at radius 2 is 2.11 bits per heavy atom. The van der Waals surface area contributed by atoms with Crippen molar-refractivity contribution >= 4 is 57.9 Å². The first-order valence-electron chi connectivity index (χ1n) is 5.50. The molecule has 2 aromatic rings. The fraction of sp³-hybridized carbons (Fsp3) is 0.154. The van der Waals surface area contributed by atoms with Crippen molar-refractivity contribution in [3.8, 4) is 0 Å². The van der Waals surface area contributed by atoms with E-state index in [4.69, 9.17) is 23.2 Å². The second kappa shape index (κ2) is 7.20. The third kappa shape index (κ3) is 4.73. The van der Waals surface area contributed by atoms with E-state index in [2.05, 4.69) is 11.4 Å². The van der Waals surface area contributed by atoms with Crippen LogP contribution in [-0.2, 0) is 10.5 Å². The average molecular weight is 332 g/mol. The Morgan fingerprint density at radius 1 is 1.26 bits per heavy atom.